The molecule has 0 aliphatic rings. The van der Waals surface area contributed by atoms with Gasteiger partial charge in [-0.25, -0.2) is 4.98 Å². The predicted octanol–water partition coefficient (Wildman–Crippen LogP) is 1.62. The molecule has 2 rings (SSSR count). The highest BCUT2D eigenvalue weighted by molar-refractivity contribution is 7.80. The maximum absolute atomic E-state index is 5.56. The second-order valence-electron chi connectivity index (χ2n) is 4.09. The molecule has 0 radical (unpaired) electrons. The lowest BCUT2D eigenvalue weighted by atomic mass is 10.2. The van der Waals surface area contributed by atoms with E-state index in [4.69, 9.17) is 18.0 Å². The molecule has 18 heavy (non-hydrogen) atoms. The van der Waals surface area contributed by atoms with Crippen molar-refractivity contribution in [3.05, 3.63) is 41.9 Å². The van der Waals surface area contributed by atoms with Crippen LogP contribution in [0.25, 0.3) is 0 Å². The van der Waals surface area contributed by atoms with Gasteiger partial charge in [-0.1, -0.05) is 18.3 Å². The molecule has 0 spiro atoms. The van der Waals surface area contributed by atoms with Crippen molar-refractivity contribution in [2.45, 2.75) is 13.0 Å². The van der Waals surface area contributed by atoms with E-state index < -0.39 is 0 Å². The van der Waals surface area contributed by atoms with Gasteiger partial charge in [0.15, 0.2) is 0 Å². The van der Waals surface area contributed by atoms with Gasteiger partial charge in [-0.2, -0.15) is 5.10 Å². The molecule has 0 aromatic carbocycles. The lowest BCUT2D eigenvalue weighted by molar-refractivity contribution is 0.765. The second kappa shape index (κ2) is 5.14. The van der Waals surface area contributed by atoms with Crippen LogP contribution in [0.4, 0.5) is 5.82 Å². The molecule has 2 heterocycles. The minimum atomic E-state index is 0.118. The summed E-state index contributed by atoms with van der Waals surface area (Å²) in [6.45, 7) is 2.05. The molecular formula is C12H15N5S. The molecule has 94 valence electrons. The van der Waals surface area contributed by atoms with E-state index in [-0.39, 0.29) is 6.04 Å². The van der Waals surface area contributed by atoms with Crippen molar-refractivity contribution in [1.82, 2.24) is 14.8 Å². The number of aryl methyl sites for hydroxylation is 1. The summed E-state index contributed by atoms with van der Waals surface area (Å²) >= 11 is 4.91. The standard InChI is InChI=1S/C12H15N5S/c1-8(9-6-14-17(2)7-9)15-11-5-3-4-10(16-11)12(13)18/h3-8H,1-2H3,(H2,13,18)(H,15,16). The zero-order valence-corrected chi connectivity index (χ0v) is 11.1. The number of hydrogen-bond donors (Lipinski definition) is 2. The monoisotopic (exact) mass is 261 g/mol. The maximum atomic E-state index is 5.56. The highest BCUT2D eigenvalue weighted by Crippen LogP contribution is 2.17. The van der Waals surface area contributed by atoms with Crippen LogP contribution in [0.1, 0.15) is 24.2 Å². The van der Waals surface area contributed by atoms with Crippen molar-refractivity contribution in [2.75, 3.05) is 5.32 Å². The van der Waals surface area contributed by atoms with Crippen molar-refractivity contribution in [3.63, 3.8) is 0 Å². The first-order chi connectivity index (χ1) is 8.56. The minimum absolute atomic E-state index is 0.118. The van der Waals surface area contributed by atoms with E-state index in [1.807, 2.05) is 38.5 Å². The molecule has 0 aliphatic heterocycles. The summed E-state index contributed by atoms with van der Waals surface area (Å²) < 4.78 is 1.77. The van der Waals surface area contributed by atoms with Gasteiger partial charge in [-0.3, -0.25) is 4.68 Å². The van der Waals surface area contributed by atoms with Crippen molar-refractivity contribution in [2.24, 2.45) is 12.8 Å². The van der Waals surface area contributed by atoms with Crippen LogP contribution in [0.5, 0.6) is 0 Å². The third-order valence-corrected chi connectivity index (χ3v) is 2.80. The van der Waals surface area contributed by atoms with Crippen LogP contribution in [0, 0.1) is 0 Å². The summed E-state index contributed by atoms with van der Waals surface area (Å²) in [5.41, 5.74) is 7.27. The molecule has 0 saturated carbocycles. The Labute approximate surface area is 111 Å². The van der Waals surface area contributed by atoms with E-state index in [2.05, 4.69) is 15.4 Å². The van der Waals surface area contributed by atoms with E-state index >= 15 is 0 Å². The molecule has 2 aromatic rings. The maximum Gasteiger partial charge on any atom is 0.127 e. The first-order valence-corrected chi connectivity index (χ1v) is 5.99. The second-order valence-corrected chi connectivity index (χ2v) is 4.53. The molecule has 0 bridgehead atoms. The molecule has 2 aromatic heterocycles. The molecule has 5 nitrogen and oxygen atoms in total. The Kier molecular flexibility index (Phi) is 3.57. The molecule has 1 atom stereocenters. The molecule has 3 N–H and O–H groups in total. The van der Waals surface area contributed by atoms with E-state index in [1.165, 1.54) is 0 Å². The molecule has 1 unspecified atom stereocenters. The van der Waals surface area contributed by atoms with Gasteiger partial charge in [0.05, 0.1) is 17.9 Å². The van der Waals surface area contributed by atoms with Gasteiger partial charge in [-0.05, 0) is 19.1 Å². The Hall–Kier alpha value is -1.95. The van der Waals surface area contributed by atoms with Crippen LogP contribution in [0.2, 0.25) is 0 Å². The predicted molar refractivity (Wildman–Crippen MR) is 75.4 cm³/mol. The van der Waals surface area contributed by atoms with Gasteiger partial charge in [0.1, 0.15) is 10.8 Å². The van der Waals surface area contributed by atoms with Crippen molar-refractivity contribution in [3.8, 4) is 0 Å². The number of hydrogen-bond acceptors (Lipinski definition) is 4. The lowest BCUT2D eigenvalue weighted by Crippen LogP contribution is -2.13. The number of aromatic nitrogens is 3. The van der Waals surface area contributed by atoms with E-state index in [1.54, 1.807) is 10.7 Å². The van der Waals surface area contributed by atoms with Crippen LogP contribution in [-0.4, -0.2) is 19.8 Å². The summed E-state index contributed by atoms with van der Waals surface area (Å²) in [6.07, 6.45) is 3.80. The van der Waals surface area contributed by atoms with E-state index in [9.17, 15) is 0 Å². The number of rotatable bonds is 4. The molecule has 6 heteroatoms. The highest BCUT2D eigenvalue weighted by Gasteiger charge is 2.08. The van der Waals surface area contributed by atoms with Crippen molar-refractivity contribution >= 4 is 23.0 Å². The van der Waals surface area contributed by atoms with Crippen LogP contribution in [0.15, 0.2) is 30.6 Å². The van der Waals surface area contributed by atoms with Gasteiger partial charge in [-0.15, -0.1) is 0 Å². The van der Waals surface area contributed by atoms with E-state index in [0.29, 0.717) is 10.7 Å². The third kappa shape index (κ3) is 2.84. The normalized spacial score (nSPS) is 12.1. The lowest BCUT2D eigenvalue weighted by Gasteiger charge is -2.13. The average molecular weight is 261 g/mol. The highest BCUT2D eigenvalue weighted by atomic mass is 32.1. The van der Waals surface area contributed by atoms with Crippen molar-refractivity contribution in [1.29, 1.82) is 0 Å². The van der Waals surface area contributed by atoms with Gasteiger partial charge in [0, 0.05) is 18.8 Å². The Balaban J connectivity index is 2.14. The Morgan fingerprint density at radius 3 is 2.89 bits per heavy atom. The fraction of sp³-hybridized carbons (Fsp3) is 0.250. The first kappa shape index (κ1) is 12.5. The number of nitrogens with one attached hydrogen (secondary N) is 1. The van der Waals surface area contributed by atoms with Gasteiger partial charge < -0.3 is 11.1 Å². The molecule has 0 fully saturated rings. The number of thiocarbonyl (C=S) groups is 1. The molecule has 0 amide bonds. The number of anilines is 1. The van der Waals surface area contributed by atoms with Crippen molar-refractivity contribution < 1.29 is 0 Å². The summed E-state index contributed by atoms with van der Waals surface area (Å²) in [7, 11) is 1.89. The van der Waals surface area contributed by atoms with Gasteiger partial charge in [0.25, 0.3) is 0 Å². The van der Waals surface area contributed by atoms with Crippen LogP contribution in [0.3, 0.4) is 0 Å². The number of nitrogens with two attached hydrogens (primary N) is 1. The summed E-state index contributed by atoms with van der Waals surface area (Å²) in [5.74, 6) is 0.747. The SMILES string of the molecule is CC(Nc1cccc(C(N)=S)n1)c1cnn(C)c1. The van der Waals surface area contributed by atoms with Gasteiger partial charge in [0.2, 0.25) is 0 Å². The minimum Gasteiger partial charge on any atom is -0.388 e. The third-order valence-electron chi connectivity index (χ3n) is 2.59. The topological polar surface area (TPSA) is 68.8 Å². The smallest absolute Gasteiger partial charge is 0.127 e. The number of pyridine rings is 1. The van der Waals surface area contributed by atoms with E-state index in [0.717, 1.165) is 11.4 Å². The quantitative estimate of drug-likeness (QED) is 0.819. The summed E-state index contributed by atoms with van der Waals surface area (Å²) in [4.78, 5) is 4.64. The zero-order valence-electron chi connectivity index (χ0n) is 10.3. The fourth-order valence-electron chi connectivity index (χ4n) is 1.62. The average Bonchev–Trinajstić information content (AvgIpc) is 2.76. The van der Waals surface area contributed by atoms with Gasteiger partial charge >= 0.3 is 0 Å². The summed E-state index contributed by atoms with van der Waals surface area (Å²) in [5, 5.41) is 7.43. The van der Waals surface area contributed by atoms with Crippen LogP contribution < -0.4 is 11.1 Å². The Morgan fingerprint density at radius 1 is 1.50 bits per heavy atom. The Morgan fingerprint density at radius 2 is 2.28 bits per heavy atom. The first-order valence-electron chi connectivity index (χ1n) is 5.58. The fourth-order valence-corrected chi connectivity index (χ4v) is 1.73. The summed E-state index contributed by atoms with van der Waals surface area (Å²) in [6, 6.07) is 5.67. The Bertz CT molecular complexity index is 563. The van der Waals surface area contributed by atoms with Crippen LogP contribution >= 0.6 is 12.2 Å². The molecule has 0 aliphatic carbocycles. The van der Waals surface area contributed by atoms with Crippen LogP contribution in [-0.2, 0) is 7.05 Å². The largest absolute Gasteiger partial charge is 0.388 e. The number of nitrogens with zero attached hydrogens (tertiary/aromatic N) is 3. The zero-order chi connectivity index (χ0) is 13.1. The molecular weight excluding hydrogens is 246 g/mol. The molecule has 0 saturated heterocycles.